The number of hydrogen-bond acceptors (Lipinski definition) is 1. The zero-order chi connectivity index (χ0) is 14.0. The summed E-state index contributed by atoms with van der Waals surface area (Å²) in [6, 6.07) is 6.39. The molecule has 0 amide bonds. The Hall–Kier alpha value is -1.19. The number of aromatic nitrogens is 1. The van der Waals surface area contributed by atoms with Gasteiger partial charge in [0.15, 0.2) is 0 Å². The maximum atomic E-state index is 13.4. The summed E-state index contributed by atoms with van der Waals surface area (Å²) in [5, 5.41) is 0.591. The molecule has 0 aliphatic carbocycles. The van der Waals surface area contributed by atoms with Crippen LogP contribution < -0.4 is 0 Å². The molecule has 2 rings (SSSR count). The third kappa shape index (κ3) is 3.64. The molecule has 100 valence electrons. The van der Waals surface area contributed by atoms with E-state index in [1.165, 1.54) is 18.3 Å². The average Bonchev–Trinajstić information content (AvgIpc) is 2.30. The van der Waals surface area contributed by atoms with Gasteiger partial charge in [-0.3, -0.25) is 4.98 Å². The zero-order valence-corrected chi connectivity index (χ0v) is 11.6. The summed E-state index contributed by atoms with van der Waals surface area (Å²) in [6.07, 6.45) is 3.66. The molecule has 0 saturated carbocycles. The van der Waals surface area contributed by atoms with Gasteiger partial charge in [0.05, 0.1) is 5.02 Å². The van der Waals surface area contributed by atoms with Gasteiger partial charge in [0, 0.05) is 29.9 Å². The van der Waals surface area contributed by atoms with Crippen molar-refractivity contribution in [3.8, 4) is 0 Å². The molecule has 0 N–H and O–H groups in total. The van der Waals surface area contributed by atoms with Gasteiger partial charge < -0.3 is 0 Å². The summed E-state index contributed by atoms with van der Waals surface area (Å²) >= 11 is 11.6. The Balaban J connectivity index is 2.32. The Bertz CT molecular complexity index is 594. The predicted molar refractivity (Wildman–Crippen MR) is 73.1 cm³/mol. The van der Waals surface area contributed by atoms with E-state index in [4.69, 9.17) is 23.2 Å². The van der Waals surface area contributed by atoms with Crippen molar-refractivity contribution in [3.63, 3.8) is 0 Å². The molecule has 0 fully saturated rings. The molecule has 0 spiro atoms. The molecule has 0 aliphatic rings. The van der Waals surface area contributed by atoms with Crippen LogP contribution in [0.25, 0.3) is 0 Å². The van der Waals surface area contributed by atoms with E-state index in [1.807, 2.05) is 0 Å². The minimum atomic E-state index is -2.96. The van der Waals surface area contributed by atoms with Crippen molar-refractivity contribution < 1.29 is 8.78 Å². The maximum absolute atomic E-state index is 13.4. The molecule has 0 aliphatic heterocycles. The molecule has 1 aromatic heterocycles. The van der Waals surface area contributed by atoms with Crippen LogP contribution in [0.15, 0.2) is 36.7 Å². The second-order valence-corrected chi connectivity index (χ2v) is 5.23. The Morgan fingerprint density at radius 2 is 1.84 bits per heavy atom. The Morgan fingerprint density at radius 3 is 2.47 bits per heavy atom. The largest absolute Gasteiger partial charge is 0.271 e. The lowest BCUT2D eigenvalue weighted by molar-refractivity contribution is 0.0175. The summed E-state index contributed by atoms with van der Waals surface area (Å²) in [7, 11) is 0. The number of halogens is 4. The van der Waals surface area contributed by atoms with Crippen LogP contribution in [-0.4, -0.2) is 4.98 Å². The second kappa shape index (κ2) is 5.43. The summed E-state index contributed by atoms with van der Waals surface area (Å²) in [4.78, 5) is 3.96. The first-order valence-corrected chi connectivity index (χ1v) is 6.38. The molecule has 0 saturated heterocycles. The van der Waals surface area contributed by atoms with Crippen LogP contribution in [0.2, 0.25) is 10.0 Å². The van der Waals surface area contributed by atoms with Gasteiger partial charge in [-0.15, -0.1) is 0 Å². The third-order valence-corrected chi connectivity index (χ3v) is 3.21. The van der Waals surface area contributed by atoms with E-state index >= 15 is 0 Å². The van der Waals surface area contributed by atoms with Crippen molar-refractivity contribution in [2.75, 3.05) is 0 Å². The number of rotatable bonds is 3. The zero-order valence-electron chi connectivity index (χ0n) is 10.1. The lowest BCUT2D eigenvalue weighted by atomic mass is 10.0. The van der Waals surface area contributed by atoms with E-state index in [2.05, 4.69) is 4.98 Å². The highest BCUT2D eigenvalue weighted by Gasteiger charge is 2.27. The van der Waals surface area contributed by atoms with Crippen LogP contribution in [-0.2, 0) is 12.3 Å². The third-order valence-electron chi connectivity index (χ3n) is 2.67. The van der Waals surface area contributed by atoms with E-state index in [0.29, 0.717) is 11.4 Å². The average molecular weight is 302 g/mol. The highest BCUT2D eigenvalue weighted by molar-refractivity contribution is 6.31. The smallest absolute Gasteiger partial charge is 0.263 e. The van der Waals surface area contributed by atoms with Crippen LogP contribution in [0.5, 0.6) is 0 Å². The maximum Gasteiger partial charge on any atom is 0.271 e. The SMILES string of the molecule is CC(F)(F)c1cc(Cc2cncc(Cl)c2)ccc1Cl. The fourth-order valence-corrected chi connectivity index (χ4v) is 2.29. The molecule has 1 nitrogen and oxygen atoms in total. The van der Waals surface area contributed by atoms with Crippen molar-refractivity contribution in [3.05, 3.63) is 63.4 Å². The van der Waals surface area contributed by atoms with Gasteiger partial charge in [0.25, 0.3) is 5.92 Å². The highest BCUT2D eigenvalue weighted by Crippen LogP contribution is 2.33. The molecule has 2 aromatic rings. The first kappa shape index (κ1) is 14.2. The normalized spacial score (nSPS) is 11.6. The van der Waals surface area contributed by atoms with E-state index < -0.39 is 5.92 Å². The van der Waals surface area contributed by atoms with Gasteiger partial charge in [0.1, 0.15) is 0 Å². The molecule has 5 heteroatoms. The van der Waals surface area contributed by atoms with Gasteiger partial charge in [-0.1, -0.05) is 29.3 Å². The Morgan fingerprint density at radius 1 is 1.11 bits per heavy atom. The molecule has 0 radical (unpaired) electrons. The second-order valence-electron chi connectivity index (χ2n) is 4.39. The van der Waals surface area contributed by atoms with Crippen molar-refractivity contribution in [2.24, 2.45) is 0 Å². The first-order valence-electron chi connectivity index (χ1n) is 5.62. The van der Waals surface area contributed by atoms with Crippen molar-refractivity contribution in [2.45, 2.75) is 19.3 Å². The van der Waals surface area contributed by atoms with E-state index in [0.717, 1.165) is 18.1 Å². The molecular weight excluding hydrogens is 291 g/mol. The highest BCUT2D eigenvalue weighted by atomic mass is 35.5. The number of benzene rings is 1. The standard InChI is InChI=1S/C14H11Cl2F2N/c1-14(17,18)12-6-9(2-3-13(12)16)4-10-5-11(15)8-19-7-10/h2-3,5-8H,4H2,1H3. The number of pyridine rings is 1. The van der Waals surface area contributed by atoms with E-state index in [1.54, 1.807) is 18.3 Å². The summed E-state index contributed by atoms with van der Waals surface area (Å²) in [6.45, 7) is 0.832. The Labute approximate surface area is 120 Å². The molecule has 19 heavy (non-hydrogen) atoms. The minimum absolute atomic E-state index is 0.0699. The Kier molecular flexibility index (Phi) is 4.07. The summed E-state index contributed by atoms with van der Waals surface area (Å²) in [5.41, 5.74) is 1.44. The fraction of sp³-hybridized carbons (Fsp3) is 0.214. The monoisotopic (exact) mass is 301 g/mol. The topological polar surface area (TPSA) is 12.9 Å². The van der Waals surface area contributed by atoms with E-state index in [-0.39, 0.29) is 10.6 Å². The predicted octanol–water partition coefficient (Wildman–Crippen LogP) is 5.09. The van der Waals surface area contributed by atoms with Crippen LogP contribution in [0.4, 0.5) is 8.78 Å². The van der Waals surface area contributed by atoms with Crippen LogP contribution in [0.3, 0.4) is 0 Å². The molecule has 0 atom stereocenters. The van der Waals surface area contributed by atoms with Crippen LogP contribution in [0.1, 0.15) is 23.6 Å². The van der Waals surface area contributed by atoms with Gasteiger partial charge in [-0.2, -0.15) is 0 Å². The lowest BCUT2D eigenvalue weighted by Crippen LogP contribution is -2.08. The van der Waals surface area contributed by atoms with E-state index in [9.17, 15) is 8.78 Å². The minimum Gasteiger partial charge on any atom is -0.263 e. The van der Waals surface area contributed by atoms with Crippen molar-refractivity contribution in [1.82, 2.24) is 4.98 Å². The van der Waals surface area contributed by atoms with Gasteiger partial charge in [-0.25, -0.2) is 8.78 Å². The molecule has 0 unspecified atom stereocenters. The first-order chi connectivity index (χ1) is 8.86. The quantitative estimate of drug-likeness (QED) is 0.769. The summed E-state index contributed by atoms with van der Waals surface area (Å²) in [5.74, 6) is -2.96. The molecule has 1 heterocycles. The summed E-state index contributed by atoms with van der Waals surface area (Å²) < 4.78 is 26.8. The molecule has 1 aromatic carbocycles. The van der Waals surface area contributed by atoms with Crippen molar-refractivity contribution in [1.29, 1.82) is 0 Å². The van der Waals surface area contributed by atoms with Gasteiger partial charge >= 0.3 is 0 Å². The van der Waals surface area contributed by atoms with Crippen molar-refractivity contribution >= 4 is 23.2 Å². The lowest BCUT2D eigenvalue weighted by Gasteiger charge is -2.14. The molecular formula is C14H11Cl2F2N. The number of nitrogens with zero attached hydrogens (tertiary/aromatic N) is 1. The van der Waals surface area contributed by atoms with Gasteiger partial charge in [0.2, 0.25) is 0 Å². The fourth-order valence-electron chi connectivity index (χ4n) is 1.81. The number of hydrogen-bond donors (Lipinski definition) is 0. The van der Waals surface area contributed by atoms with Crippen LogP contribution in [0, 0.1) is 0 Å². The molecule has 0 bridgehead atoms. The number of alkyl halides is 2. The van der Waals surface area contributed by atoms with Crippen LogP contribution >= 0.6 is 23.2 Å². The van der Waals surface area contributed by atoms with Gasteiger partial charge in [-0.05, 0) is 35.7 Å².